The van der Waals surface area contributed by atoms with E-state index < -0.39 is 0 Å². The number of hydrogen-bond donors (Lipinski definition) is 1. The molecule has 2 unspecified atom stereocenters. The second-order valence-corrected chi connectivity index (χ2v) is 7.81. The van der Waals surface area contributed by atoms with Crippen molar-refractivity contribution in [3.05, 3.63) is 0 Å². The van der Waals surface area contributed by atoms with Crippen LogP contribution in [0, 0.1) is 11.3 Å². The van der Waals surface area contributed by atoms with Crippen molar-refractivity contribution in [1.29, 1.82) is 0 Å². The monoisotopic (exact) mass is 294 g/mol. The SMILES string of the molecule is CCCNC(CN1CCC2(CCCCC2)CC1)C(C)CC. The molecule has 2 aliphatic rings. The van der Waals surface area contributed by atoms with Crippen molar-refractivity contribution in [2.24, 2.45) is 11.3 Å². The van der Waals surface area contributed by atoms with Gasteiger partial charge in [0, 0.05) is 12.6 Å². The number of nitrogens with zero attached hydrogens (tertiary/aromatic N) is 1. The fraction of sp³-hybridized carbons (Fsp3) is 1.00. The van der Waals surface area contributed by atoms with Gasteiger partial charge in [-0.3, -0.25) is 0 Å². The Morgan fingerprint density at radius 2 is 1.67 bits per heavy atom. The Hall–Kier alpha value is -0.0800. The molecule has 1 spiro atoms. The van der Waals surface area contributed by atoms with Gasteiger partial charge in [-0.05, 0) is 63.1 Å². The van der Waals surface area contributed by atoms with Crippen molar-refractivity contribution in [2.75, 3.05) is 26.2 Å². The highest BCUT2D eigenvalue weighted by atomic mass is 15.2. The molecule has 1 aliphatic carbocycles. The Kier molecular flexibility index (Phi) is 7.01. The molecule has 0 aromatic rings. The first-order valence-electron chi connectivity index (χ1n) is 9.65. The van der Waals surface area contributed by atoms with Crippen molar-refractivity contribution >= 4 is 0 Å². The first-order chi connectivity index (χ1) is 10.2. The van der Waals surface area contributed by atoms with Gasteiger partial charge in [-0.15, -0.1) is 0 Å². The average molecular weight is 295 g/mol. The lowest BCUT2D eigenvalue weighted by molar-refractivity contribution is 0.0590. The zero-order valence-electron chi connectivity index (χ0n) is 14.8. The highest BCUT2D eigenvalue weighted by Crippen LogP contribution is 2.44. The molecule has 2 heteroatoms. The van der Waals surface area contributed by atoms with Crippen LogP contribution in [0.15, 0.2) is 0 Å². The molecule has 1 N–H and O–H groups in total. The van der Waals surface area contributed by atoms with Crippen LogP contribution in [-0.2, 0) is 0 Å². The Morgan fingerprint density at radius 1 is 1.00 bits per heavy atom. The maximum atomic E-state index is 3.80. The van der Waals surface area contributed by atoms with Crippen LogP contribution in [0.3, 0.4) is 0 Å². The van der Waals surface area contributed by atoms with E-state index in [2.05, 4.69) is 31.0 Å². The van der Waals surface area contributed by atoms with Gasteiger partial charge in [-0.2, -0.15) is 0 Å². The molecule has 1 saturated heterocycles. The van der Waals surface area contributed by atoms with Crippen molar-refractivity contribution in [3.63, 3.8) is 0 Å². The van der Waals surface area contributed by atoms with E-state index in [0.717, 1.165) is 11.3 Å². The minimum atomic E-state index is 0.690. The molecule has 21 heavy (non-hydrogen) atoms. The summed E-state index contributed by atoms with van der Waals surface area (Å²) in [4.78, 5) is 2.75. The third-order valence-corrected chi connectivity index (χ3v) is 6.27. The smallest absolute Gasteiger partial charge is 0.0220 e. The Morgan fingerprint density at radius 3 is 2.24 bits per heavy atom. The molecule has 1 heterocycles. The van der Waals surface area contributed by atoms with Gasteiger partial charge in [0.15, 0.2) is 0 Å². The van der Waals surface area contributed by atoms with E-state index >= 15 is 0 Å². The average Bonchev–Trinajstić information content (AvgIpc) is 2.53. The summed E-state index contributed by atoms with van der Waals surface area (Å²) in [5.74, 6) is 0.794. The van der Waals surface area contributed by atoms with Gasteiger partial charge in [-0.1, -0.05) is 46.5 Å². The van der Waals surface area contributed by atoms with Gasteiger partial charge in [0.05, 0.1) is 0 Å². The standard InChI is InChI=1S/C19H38N2/c1-4-13-20-18(17(3)5-2)16-21-14-11-19(12-15-21)9-7-6-8-10-19/h17-18,20H,4-16H2,1-3H3. The number of nitrogens with one attached hydrogen (secondary N) is 1. The topological polar surface area (TPSA) is 15.3 Å². The minimum Gasteiger partial charge on any atom is -0.312 e. The molecule has 2 rings (SSSR count). The van der Waals surface area contributed by atoms with Crippen LogP contribution in [0.4, 0.5) is 0 Å². The van der Waals surface area contributed by atoms with Crippen LogP contribution >= 0.6 is 0 Å². The van der Waals surface area contributed by atoms with Crippen molar-refractivity contribution in [1.82, 2.24) is 10.2 Å². The van der Waals surface area contributed by atoms with Crippen LogP contribution < -0.4 is 5.32 Å². The van der Waals surface area contributed by atoms with E-state index in [1.165, 1.54) is 84.0 Å². The molecule has 1 saturated carbocycles. The van der Waals surface area contributed by atoms with Crippen LogP contribution in [0.1, 0.15) is 78.6 Å². The molecular weight excluding hydrogens is 256 g/mol. The highest BCUT2D eigenvalue weighted by Gasteiger charge is 2.35. The lowest BCUT2D eigenvalue weighted by atomic mass is 9.68. The summed E-state index contributed by atoms with van der Waals surface area (Å²) in [6, 6.07) is 0.690. The zero-order chi connectivity index (χ0) is 15.1. The fourth-order valence-corrected chi connectivity index (χ4v) is 4.35. The van der Waals surface area contributed by atoms with Crippen LogP contribution in [0.2, 0.25) is 0 Å². The summed E-state index contributed by atoms with van der Waals surface area (Å²) >= 11 is 0. The van der Waals surface area contributed by atoms with E-state index in [4.69, 9.17) is 0 Å². The molecular formula is C19H38N2. The molecule has 2 atom stereocenters. The van der Waals surface area contributed by atoms with Crippen LogP contribution in [0.25, 0.3) is 0 Å². The zero-order valence-corrected chi connectivity index (χ0v) is 14.8. The summed E-state index contributed by atoms with van der Waals surface area (Å²) < 4.78 is 0. The first-order valence-corrected chi connectivity index (χ1v) is 9.65. The van der Waals surface area contributed by atoms with E-state index in [0.29, 0.717) is 6.04 Å². The second kappa shape index (κ2) is 8.53. The van der Waals surface area contributed by atoms with Gasteiger partial charge < -0.3 is 10.2 Å². The van der Waals surface area contributed by atoms with Gasteiger partial charge in [0.25, 0.3) is 0 Å². The summed E-state index contributed by atoms with van der Waals surface area (Å²) in [7, 11) is 0. The third kappa shape index (κ3) is 4.96. The Labute approximate surface area is 133 Å². The maximum Gasteiger partial charge on any atom is 0.0220 e. The maximum absolute atomic E-state index is 3.80. The van der Waals surface area contributed by atoms with E-state index in [1.807, 2.05) is 0 Å². The van der Waals surface area contributed by atoms with Gasteiger partial charge in [-0.25, -0.2) is 0 Å². The molecule has 0 aromatic carbocycles. The number of hydrogen-bond acceptors (Lipinski definition) is 2. The Balaban J connectivity index is 1.79. The van der Waals surface area contributed by atoms with Crippen molar-refractivity contribution in [3.8, 4) is 0 Å². The normalized spacial score (nSPS) is 25.9. The lowest BCUT2D eigenvalue weighted by Gasteiger charge is -2.45. The van der Waals surface area contributed by atoms with Crippen molar-refractivity contribution < 1.29 is 0 Å². The predicted octanol–water partition coefficient (Wildman–Crippen LogP) is 4.45. The van der Waals surface area contributed by atoms with Crippen molar-refractivity contribution in [2.45, 2.75) is 84.6 Å². The molecule has 2 fully saturated rings. The first kappa shape index (κ1) is 17.3. The molecule has 0 amide bonds. The largest absolute Gasteiger partial charge is 0.312 e. The third-order valence-electron chi connectivity index (χ3n) is 6.27. The van der Waals surface area contributed by atoms with E-state index in [-0.39, 0.29) is 0 Å². The summed E-state index contributed by atoms with van der Waals surface area (Å²) in [5, 5.41) is 3.80. The van der Waals surface area contributed by atoms with Gasteiger partial charge in [0.2, 0.25) is 0 Å². The second-order valence-electron chi connectivity index (χ2n) is 7.81. The minimum absolute atomic E-state index is 0.690. The lowest BCUT2D eigenvalue weighted by Crippen LogP contribution is -2.49. The summed E-state index contributed by atoms with van der Waals surface area (Å²) in [5.41, 5.74) is 0.747. The number of likely N-dealkylation sites (tertiary alicyclic amines) is 1. The summed E-state index contributed by atoms with van der Waals surface area (Å²) in [6.07, 6.45) is 13.0. The fourth-order valence-electron chi connectivity index (χ4n) is 4.35. The van der Waals surface area contributed by atoms with Gasteiger partial charge >= 0.3 is 0 Å². The molecule has 1 aliphatic heterocycles. The Bertz CT molecular complexity index is 273. The van der Waals surface area contributed by atoms with Gasteiger partial charge in [0.1, 0.15) is 0 Å². The molecule has 0 bridgehead atoms. The molecule has 0 radical (unpaired) electrons. The highest BCUT2D eigenvalue weighted by molar-refractivity contribution is 4.89. The van der Waals surface area contributed by atoms with Crippen LogP contribution in [0.5, 0.6) is 0 Å². The quantitative estimate of drug-likeness (QED) is 0.746. The van der Waals surface area contributed by atoms with Crippen LogP contribution in [-0.4, -0.2) is 37.1 Å². The number of piperidine rings is 1. The summed E-state index contributed by atoms with van der Waals surface area (Å²) in [6.45, 7) is 12.2. The molecule has 2 nitrogen and oxygen atoms in total. The predicted molar refractivity (Wildman–Crippen MR) is 92.7 cm³/mol. The van der Waals surface area contributed by atoms with E-state index in [1.54, 1.807) is 0 Å². The molecule has 0 aromatic heterocycles. The molecule has 124 valence electrons. The number of rotatable bonds is 7. The van der Waals surface area contributed by atoms with E-state index in [9.17, 15) is 0 Å².